The SMILES string of the molecule is CC(NC(=O)CN1CCN(C(=O)c2cnccn2)CC1)c1ccc(Cl)cc1. The van der Waals surface area contributed by atoms with Crippen LogP contribution in [0.15, 0.2) is 42.9 Å². The molecule has 7 nitrogen and oxygen atoms in total. The van der Waals surface area contributed by atoms with Gasteiger partial charge in [-0.1, -0.05) is 23.7 Å². The van der Waals surface area contributed by atoms with Crippen LogP contribution >= 0.6 is 11.6 Å². The molecule has 0 aliphatic carbocycles. The van der Waals surface area contributed by atoms with Crippen LogP contribution in [-0.4, -0.2) is 64.3 Å². The van der Waals surface area contributed by atoms with Gasteiger partial charge in [0, 0.05) is 43.6 Å². The van der Waals surface area contributed by atoms with Gasteiger partial charge in [0.1, 0.15) is 5.69 Å². The third-order valence-electron chi connectivity index (χ3n) is 4.56. The summed E-state index contributed by atoms with van der Waals surface area (Å²) < 4.78 is 0. The highest BCUT2D eigenvalue weighted by Crippen LogP contribution is 2.16. The van der Waals surface area contributed by atoms with E-state index < -0.39 is 0 Å². The second kappa shape index (κ2) is 8.92. The van der Waals surface area contributed by atoms with Gasteiger partial charge in [-0.2, -0.15) is 0 Å². The topological polar surface area (TPSA) is 78.4 Å². The summed E-state index contributed by atoms with van der Waals surface area (Å²) in [6, 6.07) is 7.35. The predicted octanol–water partition coefficient (Wildman–Crippen LogP) is 1.77. The van der Waals surface area contributed by atoms with Gasteiger partial charge in [0.15, 0.2) is 0 Å². The van der Waals surface area contributed by atoms with Crippen LogP contribution in [0, 0.1) is 0 Å². The van der Waals surface area contributed by atoms with Crippen LogP contribution in [0.1, 0.15) is 29.0 Å². The van der Waals surface area contributed by atoms with Gasteiger partial charge in [0.25, 0.3) is 5.91 Å². The molecule has 27 heavy (non-hydrogen) atoms. The molecule has 0 saturated carbocycles. The average Bonchev–Trinajstić information content (AvgIpc) is 2.69. The fourth-order valence-electron chi connectivity index (χ4n) is 3.01. The van der Waals surface area contributed by atoms with Crippen molar-refractivity contribution in [3.63, 3.8) is 0 Å². The lowest BCUT2D eigenvalue weighted by molar-refractivity contribution is -0.123. The fraction of sp³-hybridized carbons (Fsp3) is 0.368. The van der Waals surface area contributed by atoms with Crippen molar-refractivity contribution < 1.29 is 9.59 Å². The number of halogens is 1. The van der Waals surface area contributed by atoms with Crippen molar-refractivity contribution in [2.24, 2.45) is 0 Å². The van der Waals surface area contributed by atoms with Gasteiger partial charge in [-0.25, -0.2) is 4.98 Å². The van der Waals surface area contributed by atoms with Gasteiger partial charge in [-0.05, 0) is 24.6 Å². The van der Waals surface area contributed by atoms with Crippen LogP contribution in [0.2, 0.25) is 5.02 Å². The third kappa shape index (κ3) is 5.24. The Morgan fingerprint density at radius 3 is 2.48 bits per heavy atom. The molecular formula is C19H22ClN5O2. The number of nitrogens with zero attached hydrogens (tertiary/aromatic N) is 4. The molecule has 1 saturated heterocycles. The van der Waals surface area contributed by atoms with E-state index in [1.54, 1.807) is 11.1 Å². The Morgan fingerprint density at radius 1 is 1.15 bits per heavy atom. The highest BCUT2D eigenvalue weighted by atomic mass is 35.5. The number of piperazine rings is 1. The summed E-state index contributed by atoms with van der Waals surface area (Å²) in [6.45, 7) is 4.68. The molecule has 1 aromatic heterocycles. The van der Waals surface area contributed by atoms with E-state index in [0.717, 1.165) is 5.56 Å². The molecule has 0 bridgehead atoms. The van der Waals surface area contributed by atoms with Crippen molar-refractivity contribution in [3.05, 3.63) is 59.1 Å². The summed E-state index contributed by atoms with van der Waals surface area (Å²) in [7, 11) is 0. The zero-order chi connectivity index (χ0) is 19.2. The van der Waals surface area contributed by atoms with Crippen LogP contribution < -0.4 is 5.32 Å². The van der Waals surface area contributed by atoms with E-state index in [1.807, 2.05) is 36.1 Å². The van der Waals surface area contributed by atoms with Gasteiger partial charge in [-0.3, -0.25) is 19.5 Å². The van der Waals surface area contributed by atoms with Crippen LogP contribution in [0.25, 0.3) is 0 Å². The lowest BCUT2D eigenvalue weighted by atomic mass is 10.1. The molecule has 0 radical (unpaired) electrons. The Morgan fingerprint density at radius 2 is 1.85 bits per heavy atom. The molecule has 1 aromatic carbocycles. The fourth-order valence-corrected chi connectivity index (χ4v) is 3.13. The van der Waals surface area contributed by atoms with E-state index in [4.69, 9.17) is 11.6 Å². The summed E-state index contributed by atoms with van der Waals surface area (Å²) in [6.07, 6.45) is 4.52. The Balaban J connectivity index is 1.45. The first-order valence-corrected chi connectivity index (χ1v) is 9.23. The van der Waals surface area contributed by atoms with E-state index >= 15 is 0 Å². The van der Waals surface area contributed by atoms with Crippen molar-refractivity contribution in [1.82, 2.24) is 25.1 Å². The third-order valence-corrected chi connectivity index (χ3v) is 4.81. The molecule has 3 rings (SSSR count). The maximum absolute atomic E-state index is 12.4. The summed E-state index contributed by atoms with van der Waals surface area (Å²) in [4.78, 5) is 36.5. The molecule has 1 aliphatic heterocycles. The number of carbonyl (C=O) groups is 2. The molecule has 0 spiro atoms. The number of hydrogen-bond acceptors (Lipinski definition) is 5. The van der Waals surface area contributed by atoms with E-state index in [2.05, 4.69) is 15.3 Å². The van der Waals surface area contributed by atoms with E-state index in [0.29, 0.717) is 43.4 Å². The monoisotopic (exact) mass is 387 g/mol. The summed E-state index contributed by atoms with van der Waals surface area (Å²) in [5, 5.41) is 3.67. The minimum Gasteiger partial charge on any atom is -0.348 e. The van der Waals surface area contributed by atoms with E-state index in [-0.39, 0.29) is 17.9 Å². The normalized spacial score (nSPS) is 16.0. The first-order chi connectivity index (χ1) is 13.0. The quantitative estimate of drug-likeness (QED) is 0.845. The Kier molecular flexibility index (Phi) is 6.36. The highest BCUT2D eigenvalue weighted by Gasteiger charge is 2.24. The molecule has 1 atom stereocenters. The number of hydrogen-bond donors (Lipinski definition) is 1. The largest absolute Gasteiger partial charge is 0.348 e. The molecule has 1 unspecified atom stereocenters. The molecule has 2 aromatic rings. The lowest BCUT2D eigenvalue weighted by Crippen LogP contribution is -2.51. The van der Waals surface area contributed by atoms with Crippen molar-refractivity contribution in [2.45, 2.75) is 13.0 Å². The van der Waals surface area contributed by atoms with Crippen molar-refractivity contribution >= 4 is 23.4 Å². The minimum atomic E-state index is -0.122. The number of amides is 2. The standard InChI is InChI=1S/C19H22ClN5O2/c1-14(15-2-4-16(20)5-3-15)23-18(26)13-24-8-10-25(11-9-24)19(27)17-12-21-6-7-22-17/h2-7,12,14H,8-11,13H2,1H3,(H,23,26). The van der Waals surface area contributed by atoms with Crippen molar-refractivity contribution in [2.75, 3.05) is 32.7 Å². The number of nitrogens with one attached hydrogen (secondary N) is 1. The highest BCUT2D eigenvalue weighted by molar-refractivity contribution is 6.30. The number of aromatic nitrogens is 2. The predicted molar refractivity (Wildman–Crippen MR) is 102 cm³/mol. The Labute approximate surface area is 163 Å². The molecule has 142 valence electrons. The zero-order valence-electron chi connectivity index (χ0n) is 15.1. The molecule has 1 aliphatic rings. The number of benzene rings is 1. The van der Waals surface area contributed by atoms with Crippen molar-refractivity contribution in [3.8, 4) is 0 Å². The van der Waals surface area contributed by atoms with Crippen LogP contribution in [0.5, 0.6) is 0 Å². The Hall–Kier alpha value is -2.51. The van der Waals surface area contributed by atoms with Crippen LogP contribution in [0.4, 0.5) is 0 Å². The average molecular weight is 388 g/mol. The number of carbonyl (C=O) groups excluding carboxylic acids is 2. The van der Waals surface area contributed by atoms with Crippen LogP contribution in [0.3, 0.4) is 0 Å². The molecule has 1 fully saturated rings. The maximum atomic E-state index is 12.4. The van der Waals surface area contributed by atoms with Crippen molar-refractivity contribution in [1.29, 1.82) is 0 Å². The van der Waals surface area contributed by atoms with Gasteiger partial charge < -0.3 is 10.2 Å². The Bertz CT molecular complexity index is 776. The second-order valence-corrected chi connectivity index (χ2v) is 6.94. The van der Waals surface area contributed by atoms with Crippen LogP contribution in [-0.2, 0) is 4.79 Å². The minimum absolute atomic E-state index is 0.0360. The van der Waals surface area contributed by atoms with Gasteiger partial charge >= 0.3 is 0 Å². The molecule has 8 heteroatoms. The molecule has 2 amide bonds. The summed E-state index contributed by atoms with van der Waals surface area (Å²) in [5.74, 6) is -0.158. The smallest absolute Gasteiger partial charge is 0.274 e. The zero-order valence-corrected chi connectivity index (χ0v) is 15.9. The lowest BCUT2D eigenvalue weighted by Gasteiger charge is -2.34. The molecular weight excluding hydrogens is 366 g/mol. The summed E-state index contributed by atoms with van der Waals surface area (Å²) >= 11 is 5.89. The molecule has 1 N–H and O–H groups in total. The van der Waals surface area contributed by atoms with Gasteiger partial charge in [-0.15, -0.1) is 0 Å². The summed E-state index contributed by atoms with van der Waals surface area (Å²) in [5.41, 5.74) is 1.35. The van der Waals surface area contributed by atoms with Gasteiger partial charge in [0.2, 0.25) is 5.91 Å². The first-order valence-electron chi connectivity index (χ1n) is 8.85. The molecule has 2 heterocycles. The number of rotatable bonds is 5. The second-order valence-electron chi connectivity index (χ2n) is 6.50. The van der Waals surface area contributed by atoms with E-state index in [9.17, 15) is 9.59 Å². The van der Waals surface area contributed by atoms with E-state index in [1.165, 1.54) is 12.4 Å². The maximum Gasteiger partial charge on any atom is 0.274 e. The first kappa shape index (κ1) is 19.3. The van der Waals surface area contributed by atoms with Gasteiger partial charge in [0.05, 0.1) is 18.8 Å².